The predicted molar refractivity (Wildman–Crippen MR) is 50.1 cm³/mol. The Morgan fingerprint density at radius 3 is 2.44 bits per heavy atom. The summed E-state index contributed by atoms with van der Waals surface area (Å²) >= 11 is 0. The molecule has 0 unspecified atom stereocenters. The zero-order chi connectivity index (χ0) is 12.0. The summed E-state index contributed by atoms with van der Waals surface area (Å²) in [5.74, 6) is -0.653. The highest BCUT2D eigenvalue weighted by Crippen LogP contribution is 2.16. The van der Waals surface area contributed by atoms with Gasteiger partial charge < -0.3 is 8.83 Å². The Kier molecular flexibility index (Phi) is 3.78. The van der Waals surface area contributed by atoms with Gasteiger partial charge in [0.15, 0.2) is 6.29 Å². The van der Waals surface area contributed by atoms with Crippen LogP contribution in [-0.4, -0.2) is 16.2 Å². The predicted octanol–water partition coefficient (Wildman–Crippen LogP) is 0.968. The summed E-state index contributed by atoms with van der Waals surface area (Å²) in [5, 5.41) is 10.0. The molecule has 0 saturated heterocycles. The van der Waals surface area contributed by atoms with Crippen molar-refractivity contribution in [3.63, 3.8) is 0 Å². The Bertz CT molecular complexity index is 506. The van der Waals surface area contributed by atoms with E-state index in [0.29, 0.717) is 6.29 Å². The third-order valence-electron chi connectivity index (χ3n) is 1.42. The van der Waals surface area contributed by atoms with E-state index >= 15 is 0 Å². The van der Waals surface area contributed by atoms with E-state index in [4.69, 9.17) is 0 Å². The maximum atomic E-state index is 10.0. The molecule has 0 aliphatic rings. The summed E-state index contributed by atoms with van der Waals surface area (Å²) in [5.41, 5.74) is -0.296. The van der Waals surface area contributed by atoms with Gasteiger partial charge in [0.25, 0.3) is 0 Å². The second-order valence-corrected chi connectivity index (χ2v) is 2.40. The van der Waals surface area contributed by atoms with Gasteiger partial charge in [-0.15, -0.1) is 0 Å². The average Bonchev–Trinajstić information content (AvgIpc) is 2.87. The zero-order valence-corrected chi connectivity index (χ0v) is 7.78. The van der Waals surface area contributed by atoms with E-state index in [1.807, 2.05) is 0 Å². The van der Waals surface area contributed by atoms with Crippen molar-refractivity contribution in [2.24, 2.45) is 0 Å². The summed E-state index contributed by atoms with van der Waals surface area (Å²) in [6.07, 6.45) is 4.13. The van der Waals surface area contributed by atoms with Crippen molar-refractivity contribution < 1.29 is 18.6 Å². The van der Waals surface area contributed by atoms with E-state index in [1.165, 1.54) is 12.5 Å². The lowest BCUT2D eigenvalue weighted by atomic mass is 10.4. The van der Waals surface area contributed by atoms with E-state index in [-0.39, 0.29) is 11.4 Å². The fraction of sp³-hybridized carbons (Fsp3) is 0. The van der Waals surface area contributed by atoms with Crippen molar-refractivity contribution in [2.75, 3.05) is 0 Å². The number of furan rings is 1. The lowest BCUT2D eigenvalue weighted by Crippen LogP contribution is -1.91. The maximum Gasteiger partial charge on any atom is 0.416 e. The number of oxazole rings is 1. The summed E-state index contributed by atoms with van der Waals surface area (Å²) < 4.78 is 8.69. The highest BCUT2D eigenvalue weighted by molar-refractivity contribution is 5.76. The van der Waals surface area contributed by atoms with Crippen LogP contribution in [0.4, 0.5) is 5.69 Å². The van der Waals surface area contributed by atoms with Crippen LogP contribution >= 0.6 is 0 Å². The second kappa shape index (κ2) is 5.29. The van der Waals surface area contributed by atoms with Crippen LogP contribution in [0, 0.1) is 10.1 Å². The molecule has 84 valence electrons. The number of nitrogens with one attached hydrogen (secondary N) is 1. The van der Waals surface area contributed by atoms with Crippen molar-refractivity contribution in [1.82, 2.24) is 4.98 Å². The molecule has 8 heteroatoms. The number of carbonyl (C=O) groups is 1. The fourth-order valence-corrected chi connectivity index (χ4v) is 0.785. The van der Waals surface area contributed by atoms with Gasteiger partial charge >= 0.3 is 11.4 Å². The third-order valence-corrected chi connectivity index (χ3v) is 1.42. The molecular formula is C8H6N2O6. The highest BCUT2D eigenvalue weighted by atomic mass is 16.6. The van der Waals surface area contributed by atoms with Crippen molar-refractivity contribution in [3.05, 3.63) is 51.2 Å². The largest absolute Gasteiger partial charge is 0.454 e. The number of nitrogens with zero attached hydrogens (tertiary/aromatic N) is 1. The first kappa shape index (κ1) is 11.4. The molecule has 0 atom stereocenters. The number of hydrogen-bond donors (Lipinski definition) is 1. The van der Waals surface area contributed by atoms with Crippen LogP contribution in [0.5, 0.6) is 0 Å². The number of aromatic nitrogens is 1. The normalized spacial score (nSPS) is 9.00. The summed E-state index contributed by atoms with van der Waals surface area (Å²) in [6.45, 7) is 0. The molecule has 0 aliphatic carbocycles. The van der Waals surface area contributed by atoms with Gasteiger partial charge in [0.1, 0.15) is 6.26 Å². The zero-order valence-electron chi connectivity index (χ0n) is 7.78. The van der Waals surface area contributed by atoms with Gasteiger partial charge in [0.05, 0.1) is 17.3 Å². The van der Waals surface area contributed by atoms with Crippen molar-refractivity contribution >= 4 is 12.0 Å². The van der Waals surface area contributed by atoms with Crippen molar-refractivity contribution in [2.45, 2.75) is 0 Å². The van der Waals surface area contributed by atoms with Gasteiger partial charge in [-0.3, -0.25) is 19.9 Å². The molecule has 8 nitrogen and oxygen atoms in total. The summed E-state index contributed by atoms with van der Waals surface area (Å²) in [7, 11) is 0. The fourth-order valence-electron chi connectivity index (χ4n) is 0.785. The molecule has 0 saturated carbocycles. The lowest BCUT2D eigenvalue weighted by Gasteiger charge is -1.81. The molecule has 0 aromatic carbocycles. The number of rotatable bonds is 2. The molecule has 2 aromatic rings. The van der Waals surface area contributed by atoms with E-state index in [0.717, 1.165) is 12.3 Å². The van der Waals surface area contributed by atoms with Crippen LogP contribution in [0.2, 0.25) is 0 Å². The first-order chi connectivity index (χ1) is 7.65. The molecule has 16 heavy (non-hydrogen) atoms. The van der Waals surface area contributed by atoms with Crippen LogP contribution in [0.3, 0.4) is 0 Å². The van der Waals surface area contributed by atoms with Crippen molar-refractivity contribution in [1.29, 1.82) is 0 Å². The van der Waals surface area contributed by atoms with Gasteiger partial charge in [0.2, 0.25) is 5.76 Å². The van der Waals surface area contributed by atoms with E-state index in [2.05, 4.69) is 13.8 Å². The number of aldehydes is 1. The highest BCUT2D eigenvalue weighted by Gasteiger charge is 2.15. The quantitative estimate of drug-likeness (QED) is 0.462. The first-order valence-electron chi connectivity index (χ1n) is 3.94. The Balaban J connectivity index is 0.000000181. The average molecular weight is 226 g/mol. The van der Waals surface area contributed by atoms with Gasteiger partial charge in [-0.2, -0.15) is 0 Å². The molecule has 2 rings (SSSR count). The van der Waals surface area contributed by atoms with E-state index in [9.17, 15) is 19.7 Å². The molecule has 1 N–H and O–H groups in total. The molecule has 0 bridgehead atoms. The van der Waals surface area contributed by atoms with Crippen LogP contribution in [0.15, 0.2) is 38.4 Å². The minimum absolute atomic E-state index is 0.245. The van der Waals surface area contributed by atoms with Gasteiger partial charge in [-0.1, -0.05) is 0 Å². The third kappa shape index (κ3) is 2.94. The van der Waals surface area contributed by atoms with Crippen LogP contribution < -0.4 is 5.76 Å². The lowest BCUT2D eigenvalue weighted by molar-refractivity contribution is -0.385. The topological polar surface area (TPSA) is 119 Å². The number of aromatic amines is 1. The molecule has 0 aliphatic heterocycles. The minimum atomic E-state index is -0.673. The second-order valence-electron chi connectivity index (χ2n) is 2.40. The summed E-state index contributed by atoms with van der Waals surface area (Å²) in [4.78, 5) is 31.5. The Morgan fingerprint density at radius 1 is 1.38 bits per heavy atom. The first-order valence-corrected chi connectivity index (χ1v) is 3.94. The molecule has 0 radical (unpaired) electrons. The minimum Gasteiger partial charge on any atom is -0.454 e. The number of carbonyl (C=O) groups excluding carboxylic acids is 1. The maximum absolute atomic E-state index is 10.0. The van der Waals surface area contributed by atoms with E-state index < -0.39 is 10.7 Å². The molecule has 0 fully saturated rings. The Hall–Kier alpha value is -2.64. The van der Waals surface area contributed by atoms with Gasteiger partial charge in [-0.25, -0.2) is 4.79 Å². The molecule has 0 amide bonds. The van der Waals surface area contributed by atoms with Gasteiger partial charge in [0, 0.05) is 6.20 Å². The van der Waals surface area contributed by atoms with Crippen LogP contribution in [0.1, 0.15) is 10.6 Å². The summed E-state index contributed by atoms with van der Waals surface area (Å²) in [6, 6.07) is 1.13. The smallest absolute Gasteiger partial charge is 0.416 e. The monoisotopic (exact) mass is 226 g/mol. The van der Waals surface area contributed by atoms with Gasteiger partial charge in [-0.05, 0) is 0 Å². The molecule has 0 spiro atoms. The molecule has 2 aromatic heterocycles. The Labute approximate surface area is 87.6 Å². The number of H-pyrrole nitrogens is 1. The van der Waals surface area contributed by atoms with E-state index in [1.54, 1.807) is 0 Å². The Morgan fingerprint density at radius 2 is 2.12 bits per heavy atom. The van der Waals surface area contributed by atoms with Crippen LogP contribution in [-0.2, 0) is 0 Å². The standard InChI is InChI=1S/C5H3NO4.C3H3NO2/c7-3-5-4(6(8)9)1-2-10-5;5-3-4-1-2-6-3/h1-3H;1-2H,(H,4,5). The number of nitro groups is 1. The van der Waals surface area contributed by atoms with Crippen molar-refractivity contribution in [3.8, 4) is 0 Å². The van der Waals surface area contributed by atoms with Crippen LogP contribution in [0.25, 0.3) is 0 Å². The number of hydrogen-bond acceptors (Lipinski definition) is 6. The molecular weight excluding hydrogens is 220 g/mol. The molecule has 2 heterocycles. The SMILES string of the molecule is O=Cc1occc1[N+](=O)[O-].O=c1[nH]cco1.